The Kier molecular flexibility index (Phi) is 4.44. The molecule has 0 aliphatic carbocycles. The standard InChI is InChI=1S/C20H18N6O2/c1-13-5-3-4-6-16(13)23-19(27)12-25-20(28)26-14(2)22-17(11-18(26)24-25)15-7-9-21-10-8-15/h3-11H,12H2,1-2H3,(H,23,27). The second-order valence-corrected chi connectivity index (χ2v) is 6.42. The number of pyridine rings is 1. The average molecular weight is 374 g/mol. The van der Waals surface area contributed by atoms with Gasteiger partial charge >= 0.3 is 5.69 Å². The van der Waals surface area contributed by atoms with E-state index in [2.05, 4.69) is 20.4 Å². The summed E-state index contributed by atoms with van der Waals surface area (Å²) in [7, 11) is 0. The van der Waals surface area contributed by atoms with Crippen molar-refractivity contribution in [1.29, 1.82) is 0 Å². The summed E-state index contributed by atoms with van der Waals surface area (Å²) >= 11 is 0. The molecule has 8 nitrogen and oxygen atoms in total. The fourth-order valence-corrected chi connectivity index (χ4v) is 3.01. The van der Waals surface area contributed by atoms with Crippen LogP contribution in [-0.2, 0) is 11.3 Å². The van der Waals surface area contributed by atoms with Crippen molar-refractivity contribution >= 4 is 17.2 Å². The van der Waals surface area contributed by atoms with Gasteiger partial charge in [-0.1, -0.05) is 18.2 Å². The maximum atomic E-state index is 12.7. The number of hydrogen-bond acceptors (Lipinski definition) is 5. The highest BCUT2D eigenvalue weighted by Crippen LogP contribution is 2.17. The summed E-state index contributed by atoms with van der Waals surface area (Å²) in [5.41, 5.74) is 3.25. The fraction of sp³-hybridized carbons (Fsp3) is 0.150. The zero-order valence-electron chi connectivity index (χ0n) is 15.5. The van der Waals surface area contributed by atoms with E-state index in [4.69, 9.17) is 0 Å². The topological polar surface area (TPSA) is 94.2 Å². The van der Waals surface area contributed by atoms with Gasteiger partial charge in [0.1, 0.15) is 12.4 Å². The molecular weight excluding hydrogens is 356 g/mol. The number of nitrogens with one attached hydrogen (secondary N) is 1. The molecule has 0 saturated carbocycles. The summed E-state index contributed by atoms with van der Waals surface area (Å²) in [5.74, 6) is 0.180. The van der Waals surface area contributed by atoms with E-state index in [9.17, 15) is 9.59 Å². The number of aryl methyl sites for hydroxylation is 2. The second-order valence-electron chi connectivity index (χ2n) is 6.42. The molecule has 4 aromatic rings. The first-order valence-corrected chi connectivity index (χ1v) is 8.76. The highest BCUT2D eigenvalue weighted by molar-refractivity contribution is 5.91. The lowest BCUT2D eigenvalue weighted by Crippen LogP contribution is -2.29. The lowest BCUT2D eigenvalue weighted by molar-refractivity contribution is -0.117. The first-order chi connectivity index (χ1) is 13.5. The lowest BCUT2D eigenvalue weighted by atomic mass is 10.2. The van der Waals surface area contributed by atoms with Crippen LogP contribution in [0, 0.1) is 13.8 Å². The number of fused-ring (bicyclic) bond motifs is 1. The summed E-state index contributed by atoms with van der Waals surface area (Å²) in [5, 5.41) is 7.13. The lowest BCUT2D eigenvalue weighted by Gasteiger charge is -2.07. The van der Waals surface area contributed by atoms with Crippen LogP contribution in [0.1, 0.15) is 11.4 Å². The number of benzene rings is 1. The third-order valence-electron chi connectivity index (χ3n) is 4.42. The van der Waals surface area contributed by atoms with Gasteiger partial charge in [0, 0.05) is 29.7 Å². The van der Waals surface area contributed by atoms with Crippen molar-refractivity contribution in [2.45, 2.75) is 20.4 Å². The SMILES string of the molecule is Cc1ccccc1NC(=O)Cn1nc2cc(-c3ccncc3)nc(C)n2c1=O. The quantitative estimate of drug-likeness (QED) is 0.591. The Morgan fingerprint density at radius 1 is 1.11 bits per heavy atom. The molecule has 3 aromatic heterocycles. The summed E-state index contributed by atoms with van der Waals surface area (Å²) in [6.07, 6.45) is 3.36. The molecule has 1 N–H and O–H groups in total. The number of nitrogens with zero attached hydrogens (tertiary/aromatic N) is 5. The second kappa shape index (κ2) is 7.07. The van der Waals surface area contributed by atoms with Gasteiger partial charge in [-0.15, -0.1) is 5.10 Å². The molecule has 4 rings (SSSR count). The van der Waals surface area contributed by atoms with Crippen molar-refractivity contribution in [3.05, 3.63) is 76.7 Å². The molecule has 0 radical (unpaired) electrons. The number of amides is 1. The van der Waals surface area contributed by atoms with Gasteiger partial charge in [0.25, 0.3) is 0 Å². The van der Waals surface area contributed by atoms with E-state index in [1.807, 2.05) is 43.3 Å². The maximum absolute atomic E-state index is 12.7. The predicted molar refractivity (Wildman–Crippen MR) is 105 cm³/mol. The molecule has 8 heteroatoms. The smallest absolute Gasteiger partial charge is 0.324 e. The molecule has 140 valence electrons. The van der Waals surface area contributed by atoms with Gasteiger partial charge in [-0.2, -0.15) is 0 Å². The van der Waals surface area contributed by atoms with Gasteiger partial charge in [-0.25, -0.2) is 18.9 Å². The highest BCUT2D eigenvalue weighted by atomic mass is 16.2. The van der Waals surface area contributed by atoms with Crippen LogP contribution < -0.4 is 11.0 Å². The van der Waals surface area contributed by atoms with Gasteiger partial charge in [0.05, 0.1) is 5.69 Å². The summed E-state index contributed by atoms with van der Waals surface area (Å²) in [4.78, 5) is 33.6. The summed E-state index contributed by atoms with van der Waals surface area (Å²) < 4.78 is 2.54. The van der Waals surface area contributed by atoms with Crippen molar-refractivity contribution in [2.75, 3.05) is 5.32 Å². The molecule has 0 fully saturated rings. The van der Waals surface area contributed by atoms with Crippen LogP contribution >= 0.6 is 0 Å². The third kappa shape index (κ3) is 3.27. The van der Waals surface area contributed by atoms with Gasteiger partial charge < -0.3 is 5.32 Å². The normalized spacial score (nSPS) is 10.9. The summed E-state index contributed by atoms with van der Waals surface area (Å²) in [6, 6.07) is 12.9. The van der Waals surface area contributed by atoms with Crippen molar-refractivity contribution in [3.8, 4) is 11.3 Å². The van der Waals surface area contributed by atoms with Gasteiger partial charge in [0.15, 0.2) is 5.65 Å². The van der Waals surface area contributed by atoms with Crippen molar-refractivity contribution in [3.63, 3.8) is 0 Å². The van der Waals surface area contributed by atoms with Crippen molar-refractivity contribution in [2.24, 2.45) is 0 Å². The Hall–Kier alpha value is -3.81. The Bertz CT molecular complexity index is 1230. The van der Waals surface area contributed by atoms with Crippen LogP contribution in [0.3, 0.4) is 0 Å². The Labute approximate surface area is 160 Å². The number of carbonyl (C=O) groups excluding carboxylic acids is 1. The van der Waals surface area contributed by atoms with Crippen molar-refractivity contribution < 1.29 is 4.79 Å². The molecule has 0 bridgehead atoms. The molecule has 1 amide bonds. The Balaban J connectivity index is 1.66. The number of hydrogen-bond donors (Lipinski definition) is 1. The van der Waals surface area contributed by atoms with Crippen molar-refractivity contribution in [1.82, 2.24) is 24.1 Å². The zero-order chi connectivity index (χ0) is 19.7. The van der Waals surface area contributed by atoms with Crippen LogP contribution in [0.5, 0.6) is 0 Å². The molecule has 0 spiro atoms. The first-order valence-electron chi connectivity index (χ1n) is 8.76. The molecule has 28 heavy (non-hydrogen) atoms. The van der Waals surface area contributed by atoms with E-state index in [0.717, 1.165) is 15.8 Å². The monoisotopic (exact) mass is 374 g/mol. The third-order valence-corrected chi connectivity index (χ3v) is 4.42. The molecule has 0 atom stereocenters. The van der Waals surface area contributed by atoms with E-state index < -0.39 is 5.69 Å². The zero-order valence-corrected chi connectivity index (χ0v) is 15.5. The number of para-hydroxylation sites is 1. The number of anilines is 1. The Morgan fingerprint density at radius 2 is 1.86 bits per heavy atom. The van der Waals surface area contributed by atoms with E-state index in [1.165, 1.54) is 4.40 Å². The number of rotatable bonds is 4. The molecule has 3 heterocycles. The van der Waals surface area contributed by atoms with E-state index in [0.29, 0.717) is 22.9 Å². The van der Waals surface area contributed by atoms with Crippen LogP contribution in [0.4, 0.5) is 5.69 Å². The molecule has 1 aromatic carbocycles. The predicted octanol–water partition coefficient (Wildman–Crippen LogP) is 2.21. The molecular formula is C20H18N6O2. The first kappa shape index (κ1) is 17.6. The number of carbonyl (C=O) groups is 1. The van der Waals surface area contributed by atoms with E-state index >= 15 is 0 Å². The molecule has 0 saturated heterocycles. The van der Waals surface area contributed by atoms with Crippen LogP contribution in [0.15, 0.2) is 59.7 Å². The maximum Gasteiger partial charge on any atom is 0.352 e. The number of aromatic nitrogens is 5. The van der Waals surface area contributed by atoms with E-state index in [1.54, 1.807) is 25.4 Å². The largest absolute Gasteiger partial charge is 0.352 e. The molecule has 0 unspecified atom stereocenters. The Morgan fingerprint density at radius 3 is 2.61 bits per heavy atom. The minimum atomic E-state index is -0.402. The minimum Gasteiger partial charge on any atom is -0.324 e. The van der Waals surface area contributed by atoms with E-state index in [-0.39, 0.29) is 12.5 Å². The van der Waals surface area contributed by atoms with Crippen LogP contribution in [0.25, 0.3) is 16.9 Å². The summed E-state index contributed by atoms with van der Waals surface area (Å²) in [6.45, 7) is 3.46. The molecule has 0 aliphatic rings. The average Bonchev–Trinajstić information content (AvgIpc) is 3.00. The minimum absolute atomic E-state index is 0.182. The van der Waals surface area contributed by atoms with Crippen LogP contribution in [0.2, 0.25) is 0 Å². The highest BCUT2D eigenvalue weighted by Gasteiger charge is 2.15. The molecule has 0 aliphatic heterocycles. The fourth-order valence-electron chi connectivity index (χ4n) is 3.01. The van der Waals surface area contributed by atoms with Gasteiger partial charge in [-0.3, -0.25) is 9.78 Å². The van der Waals surface area contributed by atoms with Gasteiger partial charge in [-0.05, 0) is 37.6 Å². The van der Waals surface area contributed by atoms with Gasteiger partial charge in [0.2, 0.25) is 5.91 Å². The van der Waals surface area contributed by atoms with Crippen LogP contribution in [-0.4, -0.2) is 30.1 Å².